The molecule has 8 heteroatoms. The first-order chi connectivity index (χ1) is 7.89. The summed E-state index contributed by atoms with van der Waals surface area (Å²) in [6.07, 6.45) is 1.37. The van der Waals surface area contributed by atoms with Crippen molar-refractivity contribution in [1.82, 2.24) is 9.97 Å². The van der Waals surface area contributed by atoms with Crippen molar-refractivity contribution >= 4 is 27.4 Å². The summed E-state index contributed by atoms with van der Waals surface area (Å²) in [4.78, 5) is 7.37. The SMILES string of the molecule is CC(C)OCCS(=O)(=O)Nc1ccnc(Cl)n1. The van der Waals surface area contributed by atoms with Gasteiger partial charge >= 0.3 is 0 Å². The predicted molar refractivity (Wildman–Crippen MR) is 65.5 cm³/mol. The van der Waals surface area contributed by atoms with E-state index in [0.717, 1.165) is 0 Å². The van der Waals surface area contributed by atoms with Crippen LogP contribution in [0.1, 0.15) is 13.8 Å². The van der Waals surface area contributed by atoms with E-state index in [9.17, 15) is 8.42 Å². The number of sulfonamides is 1. The molecule has 1 aromatic rings. The van der Waals surface area contributed by atoms with Crippen LogP contribution in [0, 0.1) is 0 Å². The third-order valence-corrected chi connectivity index (χ3v) is 3.10. The van der Waals surface area contributed by atoms with Crippen LogP contribution in [0.3, 0.4) is 0 Å². The molecule has 0 atom stereocenters. The van der Waals surface area contributed by atoms with Gasteiger partial charge in [0.15, 0.2) is 0 Å². The maximum Gasteiger partial charge on any atom is 0.236 e. The molecule has 0 aliphatic heterocycles. The molecule has 1 N–H and O–H groups in total. The van der Waals surface area contributed by atoms with Gasteiger partial charge in [-0.1, -0.05) is 0 Å². The van der Waals surface area contributed by atoms with Crippen molar-refractivity contribution in [2.75, 3.05) is 17.1 Å². The normalized spacial score (nSPS) is 11.8. The molecule has 0 saturated carbocycles. The lowest BCUT2D eigenvalue weighted by molar-refractivity contribution is 0.0913. The van der Waals surface area contributed by atoms with Crippen LogP contribution in [-0.4, -0.2) is 36.8 Å². The number of nitrogens with zero attached hydrogens (tertiary/aromatic N) is 2. The van der Waals surface area contributed by atoms with Gasteiger partial charge in [-0.2, -0.15) is 4.98 Å². The van der Waals surface area contributed by atoms with Gasteiger partial charge in [0.25, 0.3) is 0 Å². The smallest absolute Gasteiger partial charge is 0.236 e. The van der Waals surface area contributed by atoms with E-state index in [-0.39, 0.29) is 29.6 Å². The lowest BCUT2D eigenvalue weighted by Crippen LogP contribution is -2.22. The molecule has 17 heavy (non-hydrogen) atoms. The van der Waals surface area contributed by atoms with Crippen LogP contribution in [0.5, 0.6) is 0 Å². The second-order valence-electron chi connectivity index (χ2n) is 3.55. The first-order valence-electron chi connectivity index (χ1n) is 5.00. The van der Waals surface area contributed by atoms with E-state index in [1.54, 1.807) is 0 Å². The summed E-state index contributed by atoms with van der Waals surface area (Å²) in [5, 5.41) is -0.0105. The fourth-order valence-corrected chi connectivity index (χ4v) is 1.99. The molecule has 0 aliphatic carbocycles. The van der Waals surface area contributed by atoms with E-state index in [0.29, 0.717) is 0 Å². The van der Waals surface area contributed by atoms with Gasteiger partial charge in [-0.3, -0.25) is 4.72 Å². The van der Waals surface area contributed by atoms with Crippen LogP contribution in [0.2, 0.25) is 5.28 Å². The molecule has 0 aromatic carbocycles. The Morgan fingerprint density at radius 1 is 1.53 bits per heavy atom. The van der Waals surface area contributed by atoms with Gasteiger partial charge < -0.3 is 4.74 Å². The number of rotatable bonds is 6. The second kappa shape index (κ2) is 6.13. The zero-order valence-electron chi connectivity index (χ0n) is 9.55. The molecule has 1 heterocycles. The number of hydrogen-bond donors (Lipinski definition) is 1. The molecule has 0 radical (unpaired) electrons. The van der Waals surface area contributed by atoms with E-state index in [2.05, 4.69) is 14.7 Å². The minimum atomic E-state index is -3.47. The Kier molecular flexibility index (Phi) is 5.10. The van der Waals surface area contributed by atoms with Crippen molar-refractivity contribution in [3.63, 3.8) is 0 Å². The van der Waals surface area contributed by atoms with Crippen LogP contribution < -0.4 is 4.72 Å². The van der Waals surface area contributed by atoms with Crippen LogP contribution in [0.4, 0.5) is 5.82 Å². The third kappa shape index (κ3) is 5.81. The molecule has 1 aromatic heterocycles. The van der Waals surface area contributed by atoms with Gasteiger partial charge in [-0.05, 0) is 31.5 Å². The van der Waals surface area contributed by atoms with Crippen molar-refractivity contribution < 1.29 is 13.2 Å². The van der Waals surface area contributed by atoms with Crippen LogP contribution in [-0.2, 0) is 14.8 Å². The topological polar surface area (TPSA) is 81.2 Å². The summed E-state index contributed by atoms with van der Waals surface area (Å²) < 4.78 is 30.6. The van der Waals surface area contributed by atoms with Gasteiger partial charge in [0.1, 0.15) is 5.82 Å². The summed E-state index contributed by atoms with van der Waals surface area (Å²) in [5.74, 6) is 0.0156. The van der Waals surface area contributed by atoms with Crippen molar-refractivity contribution in [2.45, 2.75) is 20.0 Å². The fraction of sp³-hybridized carbons (Fsp3) is 0.556. The molecule has 0 amide bonds. The van der Waals surface area contributed by atoms with Gasteiger partial charge in [0, 0.05) is 6.20 Å². The molecule has 96 valence electrons. The van der Waals surface area contributed by atoms with Crippen molar-refractivity contribution in [3.8, 4) is 0 Å². The maximum atomic E-state index is 11.6. The highest BCUT2D eigenvalue weighted by Crippen LogP contribution is 2.08. The van der Waals surface area contributed by atoms with E-state index in [4.69, 9.17) is 16.3 Å². The molecular formula is C9H14ClN3O3S. The van der Waals surface area contributed by atoms with Gasteiger partial charge in [0.2, 0.25) is 15.3 Å². The first kappa shape index (κ1) is 14.1. The van der Waals surface area contributed by atoms with Crippen LogP contribution in [0.25, 0.3) is 0 Å². The Morgan fingerprint density at radius 2 is 2.24 bits per heavy atom. The maximum absolute atomic E-state index is 11.6. The number of hydrogen-bond acceptors (Lipinski definition) is 5. The Labute approximate surface area is 105 Å². The Bertz CT molecular complexity index is 464. The van der Waals surface area contributed by atoms with Crippen LogP contribution >= 0.6 is 11.6 Å². The zero-order chi connectivity index (χ0) is 12.9. The first-order valence-corrected chi connectivity index (χ1v) is 7.03. The van der Waals surface area contributed by atoms with Crippen molar-refractivity contribution in [2.24, 2.45) is 0 Å². The molecular weight excluding hydrogens is 266 g/mol. The summed E-state index contributed by atoms with van der Waals surface area (Å²) in [6, 6.07) is 1.42. The van der Waals surface area contributed by atoms with Gasteiger partial charge in [0.05, 0.1) is 18.5 Å². The average Bonchev–Trinajstić information content (AvgIpc) is 2.15. The molecule has 0 unspecified atom stereocenters. The van der Waals surface area contributed by atoms with E-state index in [1.165, 1.54) is 12.3 Å². The average molecular weight is 280 g/mol. The van der Waals surface area contributed by atoms with Gasteiger partial charge in [-0.25, -0.2) is 13.4 Å². The minimum absolute atomic E-state index is 0.00121. The number of anilines is 1. The lowest BCUT2D eigenvalue weighted by atomic mass is 10.5. The van der Waals surface area contributed by atoms with E-state index >= 15 is 0 Å². The summed E-state index contributed by atoms with van der Waals surface area (Å²) >= 11 is 5.54. The van der Waals surface area contributed by atoms with Crippen LogP contribution in [0.15, 0.2) is 12.3 Å². The second-order valence-corrected chi connectivity index (χ2v) is 5.73. The highest BCUT2D eigenvalue weighted by atomic mass is 35.5. The van der Waals surface area contributed by atoms with Gasteiger partial charge in [-0.15, -0.1) is 0 Å². The number of nitrogens with one attached hydrogen (secondary N) is 1. The number of aromatic nitrogens is 2. The van der Waals surface area contributed by atoms with Crippen molar-refractivity contribution in [1.29, 1.82) is 0 Å². The number of ether oxygens (including phenoxy) is 1. The molecule has 6 nitrogen and oxygen atoms in total. The highest BCUT2D eigenvalue weighted by molar-refractivity contribution is 7.92. The summed E-state index contributed by atoms with van der Waals surface area (Å²) in [7, 11) is -3.47. The highest BCUT2D eigenvalue weighted by Gasteiger charge is 2.11. The third-order valence-electron chi connectivity index (χ3n) is 1.69. The standard InChI is InChI=1S/C9H14ClN3O3S/c1-7(2)16-5-6-17(14,15)13-8-3-4-11-9(10)12-8/h3-4,7H,5-6H2,1-2H3,(H,11,12,13). The molecule has 0 saturated heterocycles. The monoisotopic (exact) mass is 279 g/mol. The van der Waals surface area contributed by atoms with E-state index < -0.39 is 10.0 Å². The lowest BCUT2D eigenvalue weighted by Gasteiger charge is -2.09. The Hall–Kier alpha value is -0.920. The predicted octanol–water partition coefficient (Wildman–Crippen LogP) is 1.30. The fourth-order valence-electron chi connectivity index (χ4n) is 0.996. The molecule has 1 rings (SSSR count). The van der Waals surface area contributed by atoms with E-state index in [1.807, 2.05) is 13.8 Å². The Balaban J connectivity index is 2.55. The quantitative estimate of drug-likeness (QED) is 0.794. The molecule has 0 bridgehead atoms. The zero-order valence-corrected chi connectivity index (χ0v) is 11.1. The largest absolute Gasteiger partial charge is 0.378 e. The molecule has 0 spiro atoms. The molecule has 0 fully saturated rings. The summed E-state index contributed by atoms with van der Waals surface area (Å²) in [5.41, 5.74) is 0. The number of halogens is 1. The van der Waals surface area contributed by atoms with Crippen molar-refractivity contribution in [3.05, 3.63) is 17.5 Å². The Morgan fingerprint density at radius 3 is 2.82 bits per heavy atom. The summed E-state index contributed by atoms with van der Waals surface area (Å²) in [6.45, 7) is 3.81. The minimum Gasteiger partial charge on any atom is -0.378 e. The molecule has 0 aliphatic rings.